The average Bonchev–Trinajstić information content (AvgIpc) is 2.33. The third-order valence-corrected chi connectivity index (χ3v) is 2.49. The second-order valence-electron chi connectivity index (χ2n) is 3.59. The minimum Gasteiger partial charge on any atom is -0.396 e. The molecular weight excluding hydrogens is 236 g/mol. The van der Waals surface area contributed by atoms with Gasteiger partial charge in [0.15, 0.2) is 0 Å². The van der Waals surface area contributed by atoms with E-state index in [0.29, 0.717) is 16.5 Å². The largest absolute Gasteiger partial charge is 0.396 e. The van der Waals surface area contributed by atoms with E-state index in [1.165, 1.54) is 0 Å². The Labute approximate surface area is 105 Å². The fraction of sp³-hybridized carbons (Fsp3) is 0.167. The summed E-state index contributed by atoms with van der Waals surface area (Å²) in [7, 11) is 0. The highest BCUT2D eigenvalue weighted by atomic mass is 35.5. The summed E-state index contributed by atoms with van der Waals surface area (Å²) in [5, 5.41) is 3.69. The molecule has 0 unspecified atom stereocenters. The highest BCUT2D eigenvalue weighted by Gasteiger charge is 2.01. The van der Waals surface area contributed by atoms with Crippen LogP contribution in [0.2, 0.25) is 5.02 Å². The van der Waals surface area contributed by atoms with Crippen molar-refractivity contribution in [1.29, 1.82) is 0 Å². The first kappa shape index (κ1) is 11.7. The molecule has 88 valence electrons. The molecule has 2 heterocycles. The van der Waals surface area contributed by atoms with Crippen LogP contribution in [0.25, 0.3) is 0 Å². The van der Waals surface area contributed by atoms with Crippen LogP contribution in [-0.4, -0.2) is 16.5 Å². The van der Waals surface area contributed by atoms with Gasteiger partial charge in [0.05, 0.1) is 10.7 Å². The zero-order valence-electron chi connectivity index (χ0n) is 9.23. The van der Waals surface area contributed by atoms with Gasteiger partial charge in [0.25, 0.3) is 0 Å². The number of nitrogens with two attached hydrogens (primary N) is 1. The Bertz CT molecular complexity index is 487. The molecule has 17 heavy (non-hydrogen) atoms. The number of halogens is 1. The van der Waals surface area contributed by atoms with Gasteiger partial charge in [-0.15, -0.1) is 0 Å². The molecular formula is C12H13ClN4. The molecule has 0 atom stereocenters. The van der Waals surface area contributed by atoms with Crippen LogP contribution in [-0.2, 0) is 6.42 Å². The van der Waals surface area contributed by atoms with Crippen molar-refractivity contribution in [3.8, 4) is 0 Å². The number of nitrogens with zero attached hydrogens (tertiary/aromatic N) is 2. The van der Waals surface area contributed by atoms with Crippen molar-refractivity contribution in [2.24, 2.45) is 0 Å². The van der Waals surface area contributed by atoms with Gasteiger partial charge in [0.2, 0.25) is 0 Å². The fourth-order valence-electron chi connectivity index (χ4n) is 1.46. The van der Waals surface area contributed by atoms with Crippen LogP contribution in [0.4, 0.5) is 11.5 Å². The van der Waals surface area contributed by atoms with E-state index in [1.807, 2.05) is 18.2 Å². The first-order chi connectivity index (χ1) is 8.25. The first-order valence-corrected chi connectivity index (χ1v) is 5.68. The Morgan fingerprint density at radius 3 is 2.88 bits per heavy atom. The van der Waals surface area contributed by atoms with Crippen molar-refractivity contribution in [2.75, 3.05) is 17.6 Å². The number of anilines is 2. The lowest BCUT2D eigenvalue weighted by molar-refractivity contribution is 0.954. The van der Waals surface area contributed by atoms with Gasteiger partial charge in [-0.2, -0.15) is 0 Å². The number of pyridine rings is 2. The first-order valence-electron chi connectivity index (χ1n) is 5.30. The molecule has 0 radical (unpaired) electrons. The van der Waals surface area contributed by atoms with E-state index in [0.717, 1.165) is 18.7 Å². The molecule has 0 fully saturated rings. The van der Waals surface area contributed by atoms with Crippen LogP contribution in [0, 0.1) is 0 Å². The van der Waals surface area contributed by atoms with E-state index < -0.39 is 0 Å². The van der Waals surface area contributed by atoms with Crippen molar-refractivity contribution in [1.82, 2.24) is 9.97 Å². The molecule has 2 aromatic heterocycles. The van der Waals surface area contributed by atoms with Gasteiger partial charge in [-0.05, 0) is 18.2 Å². The Morgan fingerprint density at radius 1 is 1.29 bits per heavy atom. The summed E-state index contributed by atoms with van der Waals surface area (Å²) in [4.78, 5) is 8.35. The van der Waals surface area contributed by atoms with Crippen LogP contribution in [0.15, 0.2) is 36.7 Å². The molecule has 4 nitrogen and oxygen atoms in total. The summed E-state index contributed by atoms with van der Waals surface area (Å²) in [5.41, 5.74) is 7.36. The Balaban J connectivity index is 1.90. The molecule has 0 aliphatic rings. The molecule has 2 rings (SSSR count). The van der Waals surface area contributed by atoms with Gasteiger partial charge in [0.1, 0.15) is 5.82 Å². The number of rotatable bonds is 4. The molecule has 0 saturated heterocycles. The summed E-state index contributed by atoms with van der Waals surface area (Å²) in [6.07, 6.45) is 4.18. The van der Waals surface area contributed by atoms with Crippen LogP contribution in [0.5, 0.6) is 0 Å². The zero-order chi connectivity index (χ0) is 12.1. The molecule has 5 heteroatoms. The number of hydrogen-bond acceptors (Lipinski definition) is 4. The number of nitrogen functional groups attached to an aromatic ring is 1. The summed E-state index contributed by atoms with van der Waals surface area (Å²) in [6.45, 7) is 0.732. The monoisotopic (exact) mass is 248 g/mol. The van der Waals surface area contributed by atoms with Crippen LogP contribution in [0.1, 0.15) is 5.69 Å². The minimum absolute atomic E-state index is 0.540. The molecule has 0 bridgehead atoms. The molecule has 3 N–H and O–H groups in total. The lowest BCUT2D eigenvalue weighted by Gasteiger charge is -2.07. The third-order valence-electron chi connectivity index (χ3n) is 2.28. The third kappa shape index (κ3) is 3.32. The van der Waals surface area contributed by atoms with Crippen molar-refractivity contribution in [3.63, 3.8) is 0 Å². The SMILES string of the molecule is Nc1cc(Cl)cnc1NCCc1ccccn1. The van der Waals surface area contributed by atoms with Crippen LogP contribution >= 0.6 is 11.6 Å². The van der Waals surface area contributed by atoms with Crippen LogP contribution in [0.3, 0.4) is 0 Å². The van der Waals surface area contributed by atoms with Crippen molar-refractivity contribution >= 4 is 23.1 Å². The fourth-order valence-corrected chi connectivity index (χ4v) is 1.62. The summed E-state index contributed by atoms with van der Waals surface area (Å²) in [5.74, 6) is 0.658. The van der Waals surface area contributed by atoms with E-state index in [9.17, 15) is 0 Å². The quantitative estimate of drug-likeness (QED) is 0.872. The lowest BCUT2D eigenvalue weighted by atomic mass is 10.2. The van der Waals surface area contributed by atoms with Gasteiger partial charge in [0, 0.05) is 31.1 Å². The zero-order valence-corrected chi connectivity index (χ0v) is 9.98. The highest BCUT2D eigenvalue weighted by molar-refractivity contribution is 6.30. The lowest BCUT2D eigenvalue weighted by Crippen LogP contribution is -2.09. The summed E-state index contributed by atoms with van der Waals surface area (Å²) in [6, 6.07) is 7.53. The van der Waals surface area contributed by atoms with E-state index in [4.69, 9.17) is 17.3 Å². The van der Waals surface area contributed by atoms with E-state index >= 15 is 0 Å². The number of nitrogens with one attached hydrogen (secondary N) is 1. The van der Waals surface area contributed by atoms with Crippen molar-refractivity contribution in [2.45, 2.75) is 6.42 Å². The Morgan fingerprint density at radius 2 is 2.18 bits per heavy atom. The van der Waals surface area contributed by atoms with Gasteiger partial charge in [-0.1, -0.05) is 17.7 Å². The van der Waals surface area contributed by atoms with Crippen molar-refractivity contribution < 1.29 is 0 Å². The molecule has 0 saturated carbocycles. The smallest absolute Gasteiger partial charge is 0.149 e. The predicted octanol–water partition coefficient (Wildman–Crippen LogP) is 2.37. The standard InChI is InChI=1S/C12H13ClN4/c13-9-7-11(14)12(17-8-9)16-6-4-10-3-1-2-5-15-10/h1-3,5,7-8H,4,6,14H2,(H,16,17). The maximum Gasteiger partial charge on any atom is 0.149 e. The van der Waals surface area contributed by atoms with Crippen LogP contribution < -0.4 is 11.1 Å². The molecule has 0 aliphatic heterocycles. The number of aromatic nitrogens is 2. The highest BCUT2D eigenvalue weighted by Crippen LogP contribution is 2.19. The molecule has 2 aromatic rings. The Hall–Kier alpha value is -1.81. The van der Waals surface area contributed by atoms with Gasteiger partial charge in [-0.3, -0.25) is 4.98 Å². The van der Waals surface area contributed by atoms with Gasteiger partial charge in [-0.25, -0.2) is 4.98 Å². The van der Waals surface area contributed by atoms with E-state index in [1.54, 1.807) is 18.5 Å². The second kappa shape index (κ2) is 5.50. The minimum atomic E-state index is 0.540. The molecule has 0 aliphatic carbocycles. The molecule has 0 aromatic carbocycles. The molecule has 0 amide bonds. The van der Waals surface area contributed by atoms with Gasteiger partial charge >= 0.3 is 0 Å². The molecule has 0 spiro atoms. The Kier molecular flexibility index (Phi) is 3.77. The van der Waals surface area contributed by atoms with Gasteiger partial charge < -0.3 is 11.1 Å². The average molecular weight is 249 g/mol. The summed E-state index contributed by atoms with van der Waals surface area (Å²) >= 11 is 5.77. The number of hydrogen-bond donors (Lipinski definition) is 2. The topological polar surface area (TPSA) is 63.8 Å². The predicted molar refractivity (Wildman–Crippen MR) is 70.1 cm³/mol. The maximum absolute atomic E-state index is 5.78. The second-order valence-corrected chi connectivity index (χ2v) is 4.03. The van der Waals surface area contributed by atoms with Crippen molar-refractivity contribution in [3.05, 3.63) is 47.4 Å². The maximum atomic E-state index is 5.78. The van der Waals surface area contributed by atoms with E-state index in [2.05, 4.69) is 15.3 Å². The summed E-state index contributed by atoms with van der Waals surface area (Å²) < 4.78 is 0. The normalized spacial score (nSPS) is 10.2. The van der Waals surface area contributed by atoms with E-state index in [-0.39, 0.29) is 0 Å².